The summed E-state index contributed by atoms with van der Waals surface area (Å²) >= 11 is 0. The van der Waals surface area contributed by atoms with E-state index in [1.807, 2.05) is 20.8 Å². The van der Waals surface area contributed by atoms with Crippen LogP contribution in [0.5, 0.6) is 0 Å². The average molecular weight is 139 g/mol. The van der Waals surface area contributed by atoms with Crippen LogP contribution in [0.4, 0.5) is 0 Å². The summed E-state index contributed by atoms with van der Waals surface area (Å²) in [5.74, 6) is 5.60. The first kappa shape index (κ1) is 7.28. The molecule has 2 N–H and O–H groups in total. The first-order valence-corrected chi connectivity index (χ1v) is 3.34. The third-order valence-electron chi connectivity index (χ3n) is 1.98. The normalized spacial score (nSPS) is 19.6. The summed E-state index contributed by atoms with van der Waals surface area (Å²) in [6, 6.07) is 0. The zero-order valence-electron chi connectivity index (χ0n) is 6.68. The second kappa shape index (κ2) is 2.42. The molecule has 0 aromatic carbocycles. The van der Waals surface area contributed by atoms with Gasteiger partial charge >= 0.3 is 0 Å². The molecule has 1 aliphatic rings. The fourth-order valence-corrected chi connectivity index (χ4v) is 0.884. The number of hydrazine groups is 1. The molecule has 0 saturated carbocycles. The molecule has 0 aromatic heterocycles. The van der Waals surface area contributed by atoms with E-state index < -0.39 is 0 Å². The highest BCUT2D eigenvalue weighted by atomic mass is 15.4. The van der Waals surface area contributed by atoms with Crippen LogP contribution < -0.4 is 5.84 Å². The van der Waals surface area contributed by atoms with Crippen molar-refractivity contribution in [2.24, 2.45) is 10.8 Å². The Morgan fingerprint density at radius 3 is 2.50 bits per heavy atom. The number of rotatable bonds is 0. The molecular weight excluding hydrogens is 126 g/mol. The van der Waals surface area contributed by atoms with Gasteiger partial charge in [-0.25, -0.2) is 5.84 Å². The second-order valence-corrected chi connectivity index (χ2v) is 2.57. The van der Waals surface area contributed by atoms with Crippen molar-refractivity contribution < 1.29 is 0 Å². The summed E-state index contributed by atoms with van der Waals surface area (Å²) < 4.78 is 0. The van der Waals surface area contributed by atoms with Crippen molar-refractivity contribution in [1.29, 1.82) is 0 Å². The van der Waals surface area contributed by atoms with Gasteiger partial charge in [-0.05, 0) is 26.3 Å². The lowest BCUT2D eigenvalue weighted by Gasteiger charge is -2.23. The summed E-state index contributed by atoms with van der Waals surface area (Å²) in [5, 5.41) is 1.66. The molecule has 1 aliphatic heterocycles. The summed E-state index contributed by atoms with van der Waals surface area (Å²) in [6.45, 7) is 6.64. The maximum Gasteiger partial charge on any atom is 0.124 e. The fourth-order valence-electron chi connectivity index (χ4n) is 0.884. The van der Waals surface area contributed by atoms with Gasteiger partial charge in [-0.15, -0.1) is 0 Å². The Bertz CT molecular complexity index is 203. The topological polar surface area (TPSA) is 41.6 Å². The maximum absolute atomic E-state index is 5.60. The van der Waals surface area contributed by atoms with Crippen LogP contribution in [-0.2, 0) is 0 Å². The van der Waals surface area contributed by atoms with Gasteiger partial charge in [0, 0.05) is 11.4 Å². The largest absolute Gasteiger partial charge is 0.294 e. The van der Waals surface area contributed by atoms with Crippen molar-refractivity contribution in [2.45, 2.75) is 20.8 Å². The predicted molar refractivity (Wildman–Crippen MR) is 42.4 cm³/mol. The van der Waals surface area contributed by atoms with E-state index in [1.54, 1.807) is 5.01 Å². The first-order valence-electron chi connectivity index (χ1n) is 3.34. The van der Waals surface area contributed by atoms with Gasteiger partial charge in [0.25, 0.3) is 0 Å². The van der Waals surface area contributed by atoms with E-state index in [9.17, 15) is 0 Å². The van der Waals surface area contributed by atoms with Gasteiger partial charge in [0.2, 0.25) is 0 Å². The Balaban J connectivity index is 2.94. The van der Waals surface area contributed by atoms with Crippen molar-refractivity contribution >= 4 is 5.71 Å². The quantitative estimate of drug-likeness (QED) is 0.506. The van der Waals surface area contributed by atoms with Crippen molar-refractivity contribution in [3.05, 3.63) is 11.3 Å². The molecule has 0 atom stereocenters. The molecule has 0 spiro atoms. The van der Waals surface area contributed by atoms with Gasteiger partial charge in [0.1, 0.15) is 6.67 Å². The van der Waals surface area contributed by atoms with Crippen LogP contribution in [0.15, 0.2) is 16.3 Å². The third kappa shape index (κ3) is 1.04. The summed E-state index contributed by atoms with van der Waals surface area (Å²) in [5.41, 5.74) is 3.40. The Hall–Kier alpha value is -0.830. The Labute approximate surface area is 61.2 Å². The molecular formula is C7H13N3. The summed E-state index contributed by atoms with van der Waals surface area (Å²) in [6.07, 6.45) is 0. The zero-order chi connectivity index (χ0) is 7.72. The van der Waals surface area contributed by atoms with Crippen LogP contribution in [0.25, 0.3) is 0 Å². The van der Waals surface area contributed by atoms with Crippen molar-refractivity contribution in [3.63, 3.8) is 0 Å². The smallest absolute Gasteiger partial charge is 0.124 e. The summed E-state index contributed by atoms with van der Waals surface area (Å²) in [7, 11) is 0. The van der Waals surface area contributed by atoms with E-state index >= 15 is 0 Å². The van der Waals surface area contributed by atoms with Crippen LogP contribution >= 0.6 is 0 Å². The number of hydrogen-bond donors (Lipinski definition) is 1. The van der Waals surface area contributed by atoms with Crippen LogP contribution in [0.2, 0.25) is 0 Å². The molecule has 3 nitrogen and oxygen atoms in total. The van der Waals surface area contributed by atoms with Gasteiger partial charge < -0.3 is 0 Å². The molecule has 10 heavy (non-hydrogen) atoms. The molecule has 3 heteroatoms. The van der Waals surface area contributed by atoms with Crippen molar-refractivity contribution in [2.75, 3.05) is 6.67 Å². The Kier molecular flexibility index (Phi) is 1.76. The number of hydrogen-bond acceptors (Lipinski definition) is 3. The highest BCUT2D eigenvalue weighted by Gasteiger charge is 2.10. The van der Waals surface area contributed by atoms with E-state index in [1.165, 1.54) is 5.57 Å². The average Bonchev–Trinajstić information content (AvgIpc) is 1.93. The predicted octanol–water partition coefficient (Wildman–Crippen LogP) is 0.888. The van der Waals surface area contributed by atoms with Crippen LogP contribution in [0.1, 0.15) is 20.8 Å². The number of nitrogens with zero attached hydrogens (tertiary/aromatic N) is 2. The summed E-state index contributed by atoms with van der Waals surface area (Å²) in [4.78, 5) is 4.20. The van der Waals surface area contributed by atoms with Crippen LogP contribution in [0.3, 0.4) is 0 Å². The molecule has 0 fully saturated rings. The van der Waals surface area contributed by atoms with Crippen LogP contribution in [-0.4, -0.2) is 17.4 Å². The standard InChI is InChI=1S/C7H13N3/c1-5-6(2)9-4-10(8)7(5)3/h4,8H2,1-3H3. The number of nitrogens with two attached hydrogens (primary N) is 1. The lowest BCUT2D eigenvalue weighted by atomic mass is 10.1. The van der Waals surface area contributed by atoms with Crippen molar-refractivity contribution in [1.82, 2.24) is 5.01 Å². The molecule has 0 bridgehead atoms. The third-order valence-corrected chi connectivity index (χ3v) is 1.98. The minimum Gasteiger partial charge on any atom is -0.294 e. The highest BCUT2D eigenvalue weighted by Crippen LogP contribution is 2.12. The van der Waals surface area contributed by atoms with E-state index in [2.05, 4.69) is 4.99 Å². The lowest BCUT2D eigenvalue weighted by molar-refractivity contribution is 0.364. The van der Waals surface area contributed by atoms with Crippen LogP contribution in [0, 0.1) is 0 Å². The van der Waals surface area contributed by atoms with E-state index in [0.29, 0.717) is 6.67 Å². The maximum atomic E-state index is 5.60. The second-order valence-electron chi connectivity index (χ2n) is 2.57. The van der Waals surface area contributed by atoms with E-state index in [-0.39, 0.29) is 0 Å². The monoisotopic (exact) mass is 139 g/mol. The Morgan fingerprint density at radius 2 is 2.00 bits per heavy atom. The molecule has 0 aliphatic carbocycles. The van der Waals surface area contributed by atoms with Gasteiger partial charge in [0.05, 0.1) is 0 Å². The zero-order valence-corrected chi connectivity index (χ0v) is 6.68. The molecule has 1 rings (SSSR count). The van der Waals surface area contributed by atoms with Gasteiger partial charge in [-0.2, -0.15) is 0 Å². The minimum absolute atomic E-state index is 0.592. The molecule has 0 unspecified atom stereocenters. The lowest BCUT2D eigenvalue weighted by Crippen LogP contribution is -2.33. The van der Waals surface area contributed by atoms with E-state index in [4.69, 9.17) is 5.84 Å². The molecule has 56 valence electrons. The molecule has 0 radical (unpaired) electrons. The molecule has 0 aromatic rings. The van der Waals surface area contributed by atoms with Gasteiger partial charge in [-0.1, -0.05) is 0 Å². The minimum atomic E-state index is 0.592. The number of allylic oxidation sites excluding steroid dienone is 2. The number of aliphatic imine (C=N–C) groups is 1. The van der Waals surface area contributed by atoms with Gasteiger partial charge in [-0.3, -0.25) is 10.0 Å². The molecule has 0 saturated heterocycles. The first-order chi connectivity index (χ1) is 4.63. The highest BCUT2D eigenvalue weighted by molar-refractivity contribution is 5.98. The fraction of sp³-hybridized carbons (Fsp3) is 0.571. The molecule has 1 heterocycles. The Morgan fingerprint density at radius 1 is 1.40 bits per heavy atom. The van der Waals surface area contributed by atoms with E-state index in [0.717, 1.165) is 11.4 Å². The van der Waals surface area contributed by atoms with Crippen molar-refractivity contribution in [3.8, 4) is 0 Å². The molecule has 0 amide bonds. The van der Waals surface area contributed by atoms with Gasteiger partial charge in [0.15, 0.2) is 0 Å². The SMILES string of the molecule is CC1=NCN(N)C(C)=C1C.